The van der Waals surface area contributed by atoms with Crippen molar-refractivity contribution in [2.45, 2.75) is 13.0 Å². The van der Waals surface area contributed by atoms with Gasteiger partial charge in [-0.1, -0.05) is 72.8 Å². The molecule has 3 aromatic carbocycles. The van der Waals surface area contributed by atoms with Crippen molar-refractivity contribution in [2.75, 3.05) is 13.2 Å². The summed E-state index contributed by atoms with van der Waals surface area (Å²) < 4.78 is 5.35. The second-order valence-electron chi connectivity index (χ2n) is 6.66. The van der Waals surface area contributed by atoms with Gasteiger partial charge in [0.1, 0.15) is 5.75 Å². The van der Waals surface area contributed by atoms with E-state index in [2.05, 4.69) is 22.8 Å². The van der Waals surface area contributed by atoms with Crippen molar-refractivity contribution in [1.82, 2.24) is 10.6 Å². The lowest BCUT2D eigenvalue weighted by molar-refractivity contribution is -0.127. The maximum Gasteiger partial charge on any atom is 0.258 e. The molecular weight excluding hydrogens is 364 g/mol. The summed E-state index contributed by atoms with van der Waals surface area (Å²) >= 11 is 0. The van der Waals surface area contributed by atoms with Crippen molar-refractivity contribution in [1.29, 1.82) is 0 Å². The molecule has 0 fully saturated rings. The minimum Gasteiger partial charge on any atom is -0.484 e. The zero-order valence-corrected chi connectivity index (χ0v) is 16.3. The van der Waals surface area contributed by atoms with Crippen LogP contribution in [0.15, 0.2) is 84.9 Å². The summed E-state index contributed by atoms with van der Waals surface area (Å²) in [5.41, 5.74) is 3.27. The average Bonchev–Trinajstić information content (AvgIpc) is 2.77. The topological polar surface area (TPSA) is 67.4 Å². The highest BCUT2D eigenvalue weighted by Crippen LogP contribution is 2.21. The second kappa shape index (κ2) is 10.1. The molecule has 0 unspecified atom stereocenters. The normalized spacial score (nSPS) is 11.3. The Bertz CT molecular complexity index is 925. The minimum atomic E-state index is -0.344. The molecule has 5 heteroatoms. The van der Waals surface area contributed by atoms with Gasteiger partial charge < -0.3 is 15.4 Å². The van der Waals surface area contributed by atoms with Crippen LogP contribution in [0.2, 0.25) is 0 Å². The molecule has 1 atom stereocenters. The number of benzene rings is 3. The van der Waals surface area contributed by atoms with Crippen LogP contribution in [0.1, 0.15) is 18.5 Å². The molecule has 0 saturated carbocycles. The van der Waals surface area contributed by atoms with Gasteiger partial charge in [0.2, 0.25) is 5.91 Å². The Hall–Kier alpha value is -3.60. The summed E-state index contributed by atoms with van der Waals surface area (Å²) in [5, 5.41) is 5.45. The molecule has 0 radical (unpaired) electrons. The summed E-state index contributed by atoms with van der Waals surface area (Å²) in [7, 11) is 0. The number of carbonyl (C=O) groups is 2. The van der Waals surface area contributed by atoms with E-state index in [-0.39, 0.29) is 31.0 Å². The van der Waals surface area contributed by atoms with Crippen LogP contribution in [0.3, 0.4) is 0 Å². The average molecular weight is 388 g/mol. The number of nitrogens with one attached hydrogen (secondary N) is 2. The van der Waals surface area contributed by atoms with Gasteiger partial charge in [-0.05, 0) is 35.7 Å². The monoisotopic (exact) mass is 388 g/mol. The van der Waals surface area contributed by atoms with E-state index in [0.29, 0.717) is 5.75 Å². The molecule has 0 spiro atoms. The van der Waals surface area contributed by atoms with Gasteiger partial charge in [0.15, 0.2) is 6.61 Å². The van der Waals surface area contributed by atoms with Gasteiger partial charge in [-0.15, -0.1) is 0 Å². The third kappa shape index (κ3) is 6.21. The summed E-state index contributed by atoms with van der Waals surface area (Å²) in [5.74, 6) is 0.0150. The quantitative estimate of drug-likeness (QED) is 0.618. The van der Waals surface area contributed by atoms with Gasteiger partial charge in [-0.25, -0.2) is 0 Å². The van der Waals surface area contributed by atoms with Crippen molar-refractivity contribution in [3.05, 3.63) is 90.5 Å². The van der Waals surface area contributed by atoms with Crippen molar-refractivity contribution < 1.29 is 14.3 Å². The van der Waals surface area contributed by atoms with Crippen LogP contribution >= 0.6 is 0 Å². The van der Waals surface area contributed by atoms with Crippen molar-refractivity contribution in [2.24, 2.45) is 0 Å². The highest BCUT2D eigenvalue weighted by atomic mass is 16.5. The largest absolute Gasteiger partial charge is 0.484 e. The third-order valence-corrected chi connectivity index (χ3v) is 4.45. The van der Waals surface area contributed by atoms with E-state index in [4.69, 9.17) is 4.74 Å². The molecule has 2 amide bonds. The zero-order valence-electron chi connectivity index (χ0n) is 16.3. The van der Waals surface area contributed by atoms with Gasteiger partial charge >= 0.3 is 0 Å². The molecule has 29 heavy (non-hydrogen) atoms. The first-order valence-corrected chi connectivity index (χ1v) is 9.51. The predicted octanol–water partition coefficient (Wildman–Crippen LogP) is 3.73. The highest BCUT2D eigenvalue weighted by molar-refractivity contribution is 5.85. The SMILES string of the molecule is C[C@@H](NC(=O)CNC(=O)COc1ccccc1)c1ccc(-c2ccccc2)cc1. The molecule has 3 rings (SSSR count). The Balaban J connectivity index is 1.43. The molecule has 0 bridgehead atoms. The number of amides is 2. The standard InChI is InChI=1S/C24H24N2O3/c1-18(19-12-14-21(15-13-19)20-8-4-2-5-9-20)26-23(27)16-25-24(28)17-29-22-10-6-3-7-11-22/h2-15,18H,16-17H2,1H3,(H,25,28)(H,26,27)/t18-/m1/s1. The highest BCUT2D eigenvalue weighted by Gasteiger charge is 2.11. The molecule has 0 aliphatic carbocycles. The van der Waals surface area contributed by atoms with E-state index < -0.39 is 0 Å². The number of hydrogen-bond acceptors (Lipinski definition) is 3. The Morgan fingerprint density at radius 2 is 1.38 bits per heavy atom. The van der Waals surface area contributed by atoms with Crippen molar-refractivity contribution in [3.8, 4) is 16.9 Å². The Morgan fingerprint density at radius 3 is 2.03 bits per heavy atom. The van der Waals surface area contributed by atoms with Gasteiger partial charge in [-0.3, -0.25) is 9.59 Å². The van der Waals surface area contributed by atoms with Crippen LogP contribution in [0.5, 0.6) is 5.75 Å². The first-order valence-electron chi connectivity index (χ1n) is 9.51. The zero-order chi connectivity index (χ0) is 20.5. The molecule has 0 aliphatic heterocycles. The predicted molar refractivity (Wildman–Crippen MR) is 113 cm³/mol. The lowest BCUT2D eigenvalue weighted by Crippen LogP contribution is -2.39. The van der Waals surface area contributed by atoms with Crippen LogP contribution in [-0.4, -0.2) is 25.0 Å². The van der Waals surface area contributed by atoms with E-state index in [1.165, 1.54) is 0 Å². The lowest BCUT2D eigenvalue weighted by atomic mass is 10.0. The molecule has 3 aromatic rings. The Kier molecular flexibility index (Phi) is 7.00. The fourth-order valence-electron chi connectivity index (χ4n) is 2.87. The van der Waals surface area contributed by atoms with Gasteiger partial charge in [-0.2, -0.15) is 0 Å². The van der Waals surface area contributed by atoms with Crippen LogP contribution in [0, 0.1) is 0 Å². The molecule has 2 N–H and O–H groups in total. The van der Waals surface area contributed by atoms with Crippen molar-refractivity contribution in [3.63, 3.8) is 0 Å². The van der Waals surface area contributed by atoms with Crippen LogP contribution in [-0.2, 0) is 9.59 Å². The molecular formula is C24H24N2O3. The van der Waals surface area contributed by atoms with E-state index in [9.17, 15) is 9.59 Å². The smallest absolute Gasteiger partial charge is 0.258 e. The maximum atomic E-state index is 12.1. The number of hydrogen-bond donors (Lipinski definition) is 2. The summed E-state index contributed by atoms with van der Waals surface area (Å²) in [6.45, 7) is 1.69. The lowest BCUT2D eigenvalue weighted by Gasteiger charge is -2.15. The fourth-order valence-corrected chi connectivity index (χ4v) is 2.87. The Morgan fingerprint density at radius 1 is 0.793 bits per heavy atom. The van der Waals surface area contributed by atoms with Crippen LogP contribution in [0.4, 0.5) is 0 Å². The van der Waals surface area contributed by atoms with E-state index >= 15 is 0 Å². The van der Waals surface area contributed by atoms with E-state index in [1.807, 2.05) is 67.6 Å². The minimum absolute atomic E-state index is 0.0938. The molecule has 0 aromatic heterocycles. The van der Waals surface area contributed by atoms with Crippen LogP contribution < -0.4 is 15.4 Å². The molecule has 148 valence electrons. The van der Waals surface area contributed by atoms with Crippen molar-refractivity contribution >= 4 is 11.8 Å². The maximum absolute atomic E-state index is 12.1. The fraction of sp³-hybridized carbons (Fsp3) is 0.167. The van der Waals surface area contributed by atoms with Gasteiger partial charge in [0.05, 0.1) is 12.6 Å². The second-order valence-corrected chi connectivity index (χ2v) is 6.66. The molecule has 5 nitrogen and oxygen atoms in total. The number of ether oxygens (including phenoxy) is 1. The third-order valence-electron chi connectivity index (χ3n) is 4.45. The van der Waals surface area contributed by atoms with Crippen LogP contribution in [0.25, 0.3) is 11.1 Å². The number of rotatable bonds is 8. The molecule has 0 saturated heterocycles. The van der Waals surface area contributed by atoms with Gasteiger partial charge in [0, 0.05) is 0 Å². The summed E-state index contributed by atoms with van der Waals surface area (Å²) in [4.78, 5) is 24.0. The van der Waals surface area contributed by atoms with E-state index in [0.717, 1.165) is 16.7 Å². The number of carbonyl (C=O) groups excluding carboxylic acids is 2. The first-order chi connectivity index (χ1) is 14.1. The summed E-state index contributed by atoms with van der Waals surface area (Å²) in [6.07, 6.45) is 0. The molecule has 0 heterocycles. The first kappa shape index (κ1) is 20.1. The van der Waals surface area contributed by atoms with E-state index in [1.54, 1.807) is 12.1 Å². The van der Waals surface area contributed by atoms with Gasteiger partial charge in [0.25, 0.3) is 5.91 Å². The summed E-state index contributed by atoms with van der Waals surface area (Å²) in [6, 6.07) is 27.1. The number of para-hydroxylation sites is 1. The molecule has 0 aliphatic rings. The Labute approximate surface area is 170 Å².